The van der Waals surface area contributed by atoms with Gasteiger partial charge in [-0.1, -0.05) is 0 Å². The third-order valence-electron chi connectivity index (χ3n) is 3.82. The standard InChI is InChI=1S/C16H17N3O6S/c1-10(15(20)17-9-11-4-3-7-24-11)18-26(22,23)12-5-6-13-14(8-12)25-16(21)19(13)2/h3-8,10,18H,9H2,1-2H3,(H,17,20)/t10-/m0/s1. The fourth-order valence-electron chi connectivity index (χ4n) is 2.38. The van der Waals surface area contributed by atoms with Crippen LogP contribution in [0.15, 0.2) is 55.1 Å². The number of nitrogens with one attached hydrogen (secondary N) is 2. The number of aromatic nitrogens is 1. The average molecular weight is 379 g/mol. The quantitative estimate of drug-likeness (QED) is 0.650. The lowest BCUT2D eigenvalue weighted by molar-refractivity contribution is -0.122. The lowest BCUT2D eigenvalue weighted by atomic mass is 10.3. The molecular weight excluding hydrogens is 362 g/mol. The van der Waals surface area contributed by atoms with Crippen molar-refractivity contribution in [3.05, 3.63) is 52.9 Å². The number of fused-ring (bicyclic) bond motifs is 1. The summed E-state index contributed by atoms with van der Waals surface area (Å²) >= 11 is 0. The van der Waals surface area contributed by atoms with Gasteiger partial charge in [0.15, 0.2) is 5.58 Å². The van der Waals surface area contributed by atoms with Crippen LogP contribution in [-0.4, -0.2) is 24.9 Å². The third-order valence-corrected chi connectivity index (χ3v) is 5.35. The largest absolute Gasteiger partial charge is 0.467 e. The van der Waals surface area contributed by atoms with Crippen molar-refractivity contribution in [3.8, 4) is 0 Å². The molecule has 0 saturated heterocycles. The molecule has 0 radical (unpaired) electrons. The van der Waals surface area contributed by atoms with Crippen LogP contribution in [0.1, 0.15) is 12.7 Å². The van der Waals surface area contributed by atoms with Crippen LogP contribution in [0.4, 0.5) is 0 Å². The van der Waals surface area contributed by atoms with Crippen molar-refractivity contribution in [2.45, 2.75) is 24.4 Å². The summed E-state index contributed by atoms with van der Waals surface area (Å²) in [5, 5.41) is 2.58. The summed E-state index contributed by atoms with van der Waals surface area (Å²) in [6.07, 6.45) is 1.48. The molecular formula is C16H17N3O6S. The molecule has 10 heteroatoms. The molecule has 138 valence electrons. The van der Waals surface area contributed by atoms with Gasteiger partial charge < -0.3 is 14.2 Å². The SMILES string of the molecule is C[C@H](NS(=O)(=O)c1ccc2c(c1)oc(=O)n2C)C(=O)NCc1ccco1. The highest BCUT2D eigenvalue weighted by Gasteiger charge is 2.23. The van der Waals surface area contributed by atoms with Gasteiger partial charge in [0.05, 0.1) is 29.3 Å². The number of carbonyl (C=O) groups excluding carboxylic acids is 1. The van der Waals surface area contributed by atoms with Crippen molar-refractivity contribution in [3.63, 3.8) is 0 Å². The molecule has 1 amide bonds. The van der Waals surface area contributed by atoms with E-state index in [-0.39, 0.29) is 17.0 Å². The summed E-state index contributed by atoms with van der Waals surface area (Å²) < 4.78 is 38.6. The first kappa shape index (κ1) is 18.0. The van der Waals surface area contributed by atoms with Crippen molar-refractivity contribution >= 4 is 27.0 Å². The minimum Gasteiger partial charge on any atom is -0.467 e. The van der Waals surface area contributed by atoms with Gasteiger partial charge in [0, 0.05) is 13.1 Å². The third kappa shape index (κ3) is 3.55. The first-order chi connectivity index (χ1) is 12.3. The maximum Gasteiger partial charge on any atom is 0.419 e. The Bertz CT molecular complexity index is 1090. The molecule has 26 heavy (non-hydrogen) atoms. The Morgan fingerprint density at radius 1 is 1.31 bits per heavy atom. The zero-order valence-electron chi connectivity index (χ0n) is 14.1. The predicted molar refractivity (Wildman–Crippen MR) is 91.8 cm³/mol. The van der Waals surface area contributed by atoms with Crippen LogP contribution in [0.5, 0.6) is 0 Å². The fraction of sp³-hybridized carbons (Fsp3) is 0.250. The van der Waals surface area contributed by atoms with Gasteiger partial charge in [-0.15, -0.1) is 0 Å². The van der Waals surface area contributed by atoms with E-state index >= 15 is 0 Å². The van der Waals surface area contributed by atoms with Crippen LogP contribution >= 0.6 is 0 Å². The molecule has 2 aromatic heterocycles. The van der Waals surface area contributed by atoms with E-state index in [0.717, 1.165) is 0 Å². The molecule has 0 unspecified atom stereocenters. The van der Waals surface area contributed by atoms with Crippen LogP contribution in [-0.2, 0) is 28.4 Å². The zero-order valence-corrected chi connectivity index (χ0v) is 14.9. The molecule has 3 rings (SSSR count). The maximum atomic E-state index is 12.5. The molecule has 2 heterocycles. The van der Waals surface area contributed by atoms with Crippen molar-refractivity contribution in [1.82, 2.24) is 14.6 Å². The summed E-state index contributed by atoms with van der Waals surface area (Å²) in [6, 6.07) is 6.42. The Morgan fingerprint density at radius 3 is 2.77 bits per heavy atom. The van der Waals surface area contributed by atoms with Crippen LogP contribution < -0.4 is 15.8 Å². The molecule has 1 aromatic carbocycles. The van der Waals surface area contributed by atoms with Crippen molar-refractivity contribution < 1.29 is 22.0 Å². The number of nitrogens with zero attached hydrogens (tertiary/aromatic N) is 1. The monoisotopic (exact) mass is 379 g/mol. The van der Waals surface area contributed by atoms with Gasteiger partial charge in [0.25, 0.3) is 0 Å². The fourth-order valence-corrected chi connectivity index (χ4v) is 3.59. The lowest BCUT2D eigenvalue weighted by Crippen LogP contribution is -2.44. The van der Waals surface area contributed by atoms with Crippen molar-refractivity contribution in [1.29, 1.82) is 0 Å². The number of furan rings is 1. The van der Waals surface area contributed by atoms with Gasteiger partial charge >= 0.3 is 5.76 Å². The topological polar surface area (TPSA) is 124 Å². The van der Waals surface area contributed by atoms with Crippen molar-refractivity contribution in [2.75, 3.05) is 0 Å². The second kappa shape index (κ2) is 6.81. The van der Waals surface area contributed by atoms with E-state index < -0.39 is 27.7 Å². The van der Waals surface area contributed by atoms with Gasteiger partial charge in [-0.2, -0.15) is 4.72 Å². The van der Waals surface area contributed by atoms with Crippen LogP contribution in [0.2, 0.25) is 0 Å². The molecule has 1 atom stereocenters. The number of carbonyl (C=O) groups is 1. The Kier molecular flexibility index (Phi) is 4.70. The van der Waals surface area contributed by atoms with Crippen LogP contribution in [0.3, 0.4) is 0 Å². The van der Waals surface area contributed by atoms with Crippen LogP contribution in [0, 0.1) is 0 Å². The van der Waals surface area contributed by atoms with E-state index in [4.69, 9.17) is 8.83 Å². The minimum atomic E-state index is -3.98. The van der Waals surface area contributed by atoms with E-state index in [1.54, 1.807) is 12.1 Å². The zero-order chi connectivity index (χ0) is 18.9. The Balaban J connectivity index is 1.73. The Labute approximate surface area is 148 Å². The van der Waals surface area contributed by atoms with Gasteiger partial charge in [-0.05, 0) is 31.2 Å². The van der Waals surface area contributed by atoms with Gasteiger partial charge in [0.2, 0.25) is 15.9 Å². The first-order valence-corrected chi connectivity index (χ1v) is 9.18. The predicted octanol–water partition coefficient (Wildman–Crippen LogP) is 0.708. The van der Waals surface area contributed by atoms with Gasteiger partial charge in [-0.3, -0.25) is 9.36 Å². The number of benzene rings is 1. The second-order valence-electron chi connectivity index (χ2n) is 5.70. The van der Waals surface area contributed by atoms with E-state index in [9.17, 15) is 18.0 Å². The van der Waals surface area contributed by atoms with Crippen LogP contribution in [0.25, 0.3) is 11.1 Å². The molecule has 9 nitrogen and oxygen atoms in total. The molecule has 0 aliphatic carbocycles. The van der Waals surface area contributed by atoms with E-state index in [1.165, 1.54) is 43.0 Å². The molecule has 0 aliphatic heterocycles. The summed E-state index contributed by atoms with van der Waals surface area (Å²) in [6.45, 7) is 1.58. The number of hydrogen-bond acceptors (Lipinski definition) is 6. The van der Waals surface area contributed by atoms with Crippen molar-refractivity contribution in [2.24, 2.45) is 7.05 Å². The number of sulfonamides is 1. The Hall–Kier alpha value is -2.85. The minimum absolute atomic E-state index is 0.106. The summed E-state index contributed by atoms with van der Waals surface area (Å²) in [5.41, 5.74) is 0.619. The number of hydrogen-bond donors (Lipinski definition) is 2. The van der Waals surface area contributed by atoms with Gasteiger partial charge in [0.1, 0.15) is 5.76 Å². The van der Waals surface area contributed by atoms with Gasteiger partial charge in [-0.25, -0.2) is 13.2 Å². The highest BCUT2D eigenvalue weighted by atomic mass is 32.2. The number of rotatable bonds is 6. The maximum absolute atomic E-state index is 12.5. The summed E-state index contributed by atoms with van der Waals surface area (Å²) in [7, 11) is -2.46. The Morgan fingerprint density at radius 2 is 2.08 bits per heavy atom. The molecule has 3 aromatic rings. The van der Waals surface area contributed by atoms with E-state index in [2.05, 4.69) is 10.0 Å². The number of amides is 1. The molecule has 0 spiro atoms. The highest BCUT2D eigenvalue weighted by molar-refractivity contribution is 7.89. The number of aryl methyl sites for hydroxylation is 1. The summed E-state index contributed by atoms with van der Waals surface area (Å²) in [5.74, 6) is -0.538. The lowest BCUT2D eigenvalue weighted by Gasteiger charge is -2.14. The molecule has 0 aliphatic rings. The molecule has 0 fully saturated rings. The highest BCUT2D eigenvalue weighted by Crippen LogP contribution is 2.18. The van der Waals surface area contributed by atoms with E-state index in [1.807, 2.05) is 0 Å². The average Bonchev–Trinajstić information content (AvgIpc) is 3.20. The number of oxazole rings is 1. The smallest absolute Gasteiger partial charge is 0.419 e. The molecule has 0 bridgehead atoms. The molecule has 2 N–H and O–H groups in total. The summed E-state index contributed by atoms with van der Waals surface area (Å²) in [4.78, 5) is 23.5. The normalized spacial score (nSPS) is 13.0. The second-order valence-corrected chi connectivity index (χ2v) is 7.41. The van der Waals surface area contributed by atoms with E-state index in [0.29, 0.717) is 11.3 Å². The molecule has 0 saturated carbocycles. The first-order valence-electron chi connectivity index (χ1n) is 7.70.